The molecule has 0 bridgehead atoms. The lowest BCUT2D eigenvalue weighted by Crippen LogP contribution is -2.32. The van der Waals surface area contributed by atoms with Crippen molar-refractivity contribution < 1.29 is 9.59 Å². The summed E-state index contributed by atoms with van der Waals surface area (Å²) in [7, 11) is 0. The van der Waals surface area contributed by atoms with Gasteiger partial charge in [-0.15, -0.1) is 0 Å². The number of benzene rings is 3. The first kappa shape index (κ1) is 18.1. The number of aryl methyl sites for hydroxylation is 1. The maximum atomic E-state index is 13.6. The van der Waals surface area contributed by atoms with Crippen molar-refractivity contribution in [3.05, 3.63) is 106 Å². The first-order valence-electron chi connectivity index (χ1n) is 10.7. The summed E-state index contributed by atoms with van der Waals surface area (Å²) in [6.07, 6.45) is 1.21. The van der Waals surface area contributed by atoms with E-state index < -0.39 is 0 Å². The highest BCUT2D eigenvalue weighted by atomic mass is 16.2. The Balaban J connectivity index is 1.53. The zero-order valence-corrected chi connectivity index (χ0v) is 17.3. The van der Waals surface area contributed by atoms with Crippen LogP contribution < -0.4 is 10.2 Å². The van der Waals surface area contributed by atoms with Gasteiger partial charge in [0.05, 0.1) is 17.4 Å². The Kier molecular flexibility index (Phi) is 3.90. The van der Waals surface area contributed by atoms with E-state index in [0.717, 1.165) is 34.6 Å². The molecule has 0 aromatic heterocycles. The minimum Gasteiger partial charge on any atom is -0.357 e. The number of fused-ring (bicyclic) bond motifs is 6. The average molecular weight is 406 g/mol. The van der Waals surface area contributed by atoms with Gasteiger partial charge in [-0.2, -0.15) is 0 Å². The fraction of sp³-hybridized carbons (Fsp3) is 0.185. The second-order valence-corrected chi connectivity index (χ2v) is 8.64. The molecule has 4 nitrogen and oxygen atoms in total. The van der Waals surface area contributed by atoms with E-state index in [0.29, 0.717) is 12.0 Å². The summed E-state index contributed by atoms with van der Waals surface area (Å²) >= 11 is 0. The van der Waals surface area contributed by atoms with Gasteiger partial charge in [0.25, 0.3) is 5.91 Å². The maximum Gasteiger partial charge on any atom is 0.259 e. The van der Waals surface area contributed by atoms with Crippen molar-refractivity contribution in [3.63, 3.8) is 0 Å². The van der Waals surface area contributed by atoms with E-state index in [4.69, 9.17) is 0 Å². The maximum absolute atomic E-state index is 13.6. The van der Waals surface area contributed by atoms with Crippen molar-refractivity contribution >= 4 is 23.1 Å². The van der Waals surface area contributed by atoms with Gasteiger partial charge < -0.3 is 5.32 Å². The third-order valence-corrected chi connectivity index (χ3v) is 6.74. The zero-order valence-electron chi connectivity index (χ0n) is 17.3. The van der Waals surface area contributed by atoms with E-state index in [2.05, 4.69) is 36.5 Å². The number of nitrogens with one attached hydrogen (secondary N) is 1. The molecule has 3 aromatic rings. The minimum atomic E-state index is -0.374. The van der Waals surface area contributed by atoms with E-state index in [-0.39, 0.29) is 23.7 Å². The topological polar surface area (TPSA) is 49.4 Å². The summed E-state index contributed by atoms with van der Waals surface area (Å²) < 4.78 is 0. The number of nitrogens with zero attached hydrogens (tertiary/aromatic N) is 1. The second kappa shape index (κ2) is 6.67. The number of Topliss-reactive ketones (excluding diaryl/α,β-unsaturated/α-hetero) is 1. The van der Waals surface area contributed by atoms with Gasteiger partial charge in [0.15, 0.2) is 5.78 Å². The normalized spacial score (nSPS) is 21.6. The predicted molar refractivity (Wildman–Crippen MR) is 121 cm³/mol. The molecule has 0 spiro atoms. The molecule has 3 aromatic carbocycles. The summed E-state index contributed by atoms with van der Waals surface area (Å²) in [6, 6.07) is 23.6. The molecule has 0 saturated carbocycles. The summed E-state index contributed by atoms with van der Waals surface area (Å²) in [4.78, 5) is 28.8. The van der Waals surface area contributed by atoms with Crippen LogP contribution in [0.25, 0.3) is 0 Å². The molecule has 31 heavy (non-hydrogen) atoms. The summed E-state index contributed by atoms with van der Waals surface area (Å²) in [6.45, 7) is 2.07. The number of hydrogen-bond acceptors (Lipinski definition) is 3. The number of rotatable bonds is 1. The minimum absolute atomic E-state index is 0.0444. The Morgan fingerprint density at radius 2 is 1.61 bits per heavy atom. The average Bonchev–Trinajstić information content (AvgIpc) is 2.97. The molecule has 3 aliphatic rings. The highest BCUT2D eigenvalue weighted by Crippen LogP contribution is 2.50. The number of carbonyl (C=O) groups excluding carboxylic acids is 2. The molecule has 2 heterocycles. The van der Waals surface area contributed by atoms with E-state index in [1.54, 1.807) is 4.90 Å². The van der Waals surface area contributed by atoms with Gasteiger partial charge in [0.1, 0.15) is 0 Å². The van der Waals surface area contributed by atoms with Crippen LogP contribution in [0.5, 0.6) is 0 Å². The number of anilines is 2. The zero-order chi connectivity index (χ0) is 21.1. The molecular weight excluding hydrogens is 384 g/mol. The molecular formula is C27H22N2O2. The molecule has 2 aliphatic heterocycles. The molecule has 2 atom stereocenters. The largest absolute Gasteiger partial charge is 0.357 e. The monoisotopic (exact) mass is 406 g/mol. The quantitative estimate of drug-likeness (QED) is 0.579. The van der Waals surface area contributed by atoms with Gasteiger partial charge in [-0.25, -0.2) is 0 Å². The van der Waals surface area contributed by atoms with Crippen LogP contribution in [0, 0.1) is 6.92 Å². The molecule has 0 fully saturated rings. The van der Waals surface area contributed by atoms with E-state index in [1.807, 2.05) is 48.5 Å². The highest BCUT2D eigenvalue weighted by Gasteiger charge is 2.46. The molecule has 4 heteroatoms. The Morgan fingerprint density at radius 1 is 0.871 bits per heavy atom. The standard InChI is InChI=1S/C27H22N2O2/c1-16-10-12-17(13-11-16)18-14-22-25(24(30)15-18)26-19-6-2-3-7-20(19)27(31)29(26)23-9-5-4-8-21(23)28-22/h2-13,18,26,28H,14-15H2,1H3. The van der Waals surface area contributed by atoms with Crippen molar-refractivity contribution in [2.75, 3.05) is 10.2 Å². The predicted octanol–water partition coefficient (Wildman–Crippen LogP) is 5.52. The van der Waals surface area contributed by atoms with Crippen LogP contribution in [0.2, 0.25) is 0 Å². The number of carbonyl (C=O) groups is 2. The number of para-hydroxylation sites is 2. The van der Waals surface area contributed by atoms with Crippen molar-refractivity contribution in [2.24, 2.45) is 0 Å². The van der Waals surface area contributed by atoms with Gasteiger partial charge in [-0.3, -0.25) is 14.5 Å². The Labute approximate surface area is 181 Å². The Bertz CT molecular complexity index is 1270. The first-order valence-corrected chi connectivity index (χ1v) is 10.7. The molecule has 152 valence electrons. The third kappa shape index (κ3) is 2.68. The van der Waals surface area contributed by atoms with Crippen LogP contribution in [0.4, 0.5) is 11.4 Å². The summed E-state index contributed by atoms with van der Waals surface area (Å²) in [5, 5.41) is 3.55. The molecule has 1 N–H and O–H groups in total. The Morgan fingerprint density at radius 3 is 2.45 bits per heavy atom. The molecule has 2 unspecified atom stereocenters. The lowest BCUT2D eigenvalue weighted by Gasteiger charge is -2.30. The summed E-state index contributed by atoms with van der Waals surface area (Å²) in [5.74, 6) is 0.203. The first-order chi connectivity index (χ1) is 15.1. The van der Waals surface area contributed by atoms with Crippen molar-refractivity contribution in [3.8, 4) is 0 Å². The number of hydrogen-bond donors (Lipinski definition) is 1. The van der Waals surface area contributed by atoms with E-state index in [1.165, 1.54) is 11.1 Å². The highest BCUT2D eigenvalue weighted by molar-refractivity contribution is 6.16. The third-order valence-electron chi connectivity index (χ3n) is 6.74. The number of amides is 1. The van der Waals surface area contributed by atoms with Crippen LogP contribution in [0.15, 0.2) is 84.1 Å². The smallest absolute Gasteiger partial charge is 0.259 e. The lowest BCUT2D eigenvalue weighted by molar-refractivity contribution is -0.116. The molecule has 6 rings (SSSR count). The van der Waals surface area contributed by atoms with Crippen LogP contribution in [0.1, 0.15) is 51.8 Å². The molecule has 0 radical (unpaired) electrons. The second-order valence-electron chi connectivity index (χ2n) is 8.64. The molecule has 1 aliphatic carbocycles. The van der Waals surface area contributed by atoms with Gasteiger partial charge in [0, 0.05) is 23.3 Å². The van der Waals surface area contributed by atoms with Gasteiger partial charge in [-0.05, 0) is 48.6 Å². The van der Waals surface area contributed by atoms with Crippen molar-refractivity contribution in [1.29, 1.82) is 0 Å². The van der Waals surface area contributed by atoms with Gasteiger partial charge in [-0.1, -0.05) is 60.2 Å². The van der Waals surface area contributed by atoms with Gasteiger partial charge in [0.2, 0.25) is 0 Å². The fourth-order valence-corrected chi connectivity index (χ4v) is 5.24. The fourth-order valence-electron chi connectivity index (χ4n) is 5.24. The van der Waals surface area contributed by atoms with Gasteiger partial charge >= 0.3 is 0 Å². The van der Waals surface area contributed by atoms with Crippen LogP contribution >= 0.6 is 0 Å². The van der Waals surface area contributed by atoms with E-state index in [9.17, 15) is 9.59 Å². The van der Waals surface area contributed by atoms with Crippen LogP contribution in [-0.2, 0) is 4.79 Å². The number of ketones is 1. The van der Waals surface area contributed by atoms with Crippen LogP contribution in [0.3, 0.4) is 0 Å². The van der Waals surface area contributed by atoms with Crippen molar-refractivity contribution in [2.45, 2.75) is 31.7 Å². The molecule has 0 saturated heterocycles. The summed E-state index contributed by atoms with van der Waals surface area (Å²) in [5.41, 5.74) is 7.36. The SMILES string of the molecule is Cc1ccc(C2CC(=O)C3=C(C2)Nc2ccccc2N2C(=O)c4ccccc4C32)cc1. The van der Waals surface area contributed by atoms with Crippen molar-refractivity contribution in [1.82, 2.24) is 0 Å². The number of allylic oxidation sites excluding steroid dienone is 1. The lowest BCUT2D eigenvalue weighted by atomic mass is 9.78. The Hall–Kier alpha value is -3.66. The molecule has 1 amide bonds. The van der Waals surface area contributed by atoms with Crippen LogP contribution in [-0.4, -0.2) is 11.7 Å². The van der Waals surface area contributed by atoms with E-state index >= 15 is 0 Å².